The molecule has 0 aromatic heterocycles. The molecule has 0 rings (SSSR count). The van der Waals surface area contributed by atoms with E-state index in [1.165, 1.54) is 0 Å². The molecule has 0 amide bonds. The maximum absolute atomic E-state index is 9.01. The monoisotopic (exact) mass is 272 g/mol. The molecule has 0 aliphatic carbocycles. The van der Waals surface area contributed by atoms with Crippen molar-refractivity contribution in [2.45, 2.75) is 13.3 Å². The summed E-state index contributed by atoms with van der Waals surface area (Å²) in [6.45, 7) is 14.4. The predicted octanol–water partition coefficient (Wildman–Crippen LogP) is 1.94. The summed E-state index contributed by atoms with van der Waals surface area (Å²) in [4.78, 5) is 0. The van der Waals surface area contributed by atoms with Crippen LogP contribution < -0.4 is 0 Å². The van der Waals surface area contributed by atoms with Gasteiger partial charge >= 0.3 is 0 Å². The van der Waals surface area contributed by atoms with Gasteiger partial charge in [-0.25, -0.2) is 0 Å². The van der Waals surface area contributed by atoms with E-state index in [4.69, 9.17) is 19.7 Å². The summed E-state index contributed by atoms with van der Waals surface area (Å²) >= 11 is 0. The highest BCUT2D eigenvalue weighted by Gasteiger charge is 2.26. The maximum atomic E-state index is 9.01. The summed E-state index contributed by atoms with van der Waals surface area (Å²) in [6.07, 6.45) is 5.78. The van der Waals surface area contributed by atoms with Crippen molar-refractivity contribution in [1.82, 2.24) is 0 Å². The number of aliphatic hydroxyl groups excluding tert-OH is 2. The number of hydrogen-bond donors (Lipinski definition) is 2. The Bertz CT molecular complexity index is 206. The zero-order valence-corrected chi connectivity index (χ0v) is 12.0. The summed E-state index contributed by atoms with van der Waals surface area (Å²) in [6, 6.07) is 0. The Morgan fingerprint density at radius 3 is 1.63 bits per heavy atom. The molecule has 112 valence electrons. The molecular weight excluding hydrogens is 244 g/mol. The van der Waals surface area contributed by atoms with Crippen molar-refractivity contribution < 1.29 is 19.7 Å². The highest BCUT2D eigenvalue weighted by atomic mass is 16.5. The van der Waals surface area contributed by atoms with Crippen LogP contribution in [0.15, 0.2) is 38.0 Å². The third kappa shape index (κ3) is 11.9. The summed E-state index contributed by atoms with van der Waals surface area (Å²) in [5, 5.41) is 18.0. The first kappa shape index (κ1) is 20.4. The third-order valence-corrected chi connectivity index (χ3v) is 2.54. The average Bonchev–Trinajstić information content (AvgIpc) is 2.46. The van der Waals surface area contributed by atoms with E-state index >= 15 is 0 Å². The van der Waals surface area contributed by atoms with Crippen molar-refractivity contribution >= 4 is 0 Å². The Kier molecular flexibility index (Phi) is 16.2. The van der Waals surface area contributed by atoms with Crippen molar-refractivity contribution in [3.8, 4) is 0 Å². The van der Waals surface area contributed by atoms with E-state index in [9.17, 15) is 0 Å². The lowest BCUT2D eigenvalue weighted by Gasteiger charge is -2.27. The van der Waals surface area contributed by atoms with E-state index in [1.807, 2.05) is 6.92 Å². The van der Waals surface area contributed by atoms with Gasteiger partial charge in [0, 0.05) is 5.41 Å². The van der Waals surface area contributed by atoms with Crippen molar-refractivity contribution in [2.24, 2.45) is 5.41 Å². The lowest BCUT2D eigenvalue weighted by atomic mass is 9.88. The molecule has 2 N–H and O–H groups in total. The lowest BCUT2D eigenvalue weighted by Crippen LogP contribution is -2.34. The molecule has 0 bridgehead atoms. The summed E-state index contributed by atoms with van der Waals surface area (Å²) in [7, 11) is 0. The van der Waals surface area contributed by atoms with E-state index in [-0.39, 0.29) is 13.2 Å². The summed E-state index contributed by atoms with van der Waals surface area (Å²) < 4.78 is 10.1. The standard InChI is InChI=1S/C9H18O3.C6H10O/c1-3-5-12-8-9(4-2,6-10)7-11;1-3-5-7-6-4-2/h3,10-11H,1,4-8H2,2H3;3-4H,1-2,5-6H2. The quantitative estimate of drug-likeness (QED) is 0.446. The normalized spacial score (nSPS) is 10.3. The predicted molar refractivity (Wildman–Crippen MR) is 79.1 cm³/mol. The van der Waals surface area contributed by atoms with Crippen molar-refractivity contribution in [3.63, 3.8) is 0 Å². The van der Waals surface area contributed by atoms with Crippen LogP contribution in [0.5, 0.6) is 0 Å². The third-order valence-electron chi connectivity index (χ3n) is 2.54. The van der Waals surface area contributed by atoms with Crippen molar-refractivity contribution in [1.29, 1.82) is 0 Å². The smallest absolute Gasteiger partial charge is 0.0649 e. The van der Waals surface area contributed by atoms with Gasteiger partial charge in [-0.1, -0.05) is 25.2 Å². The number of ether oxygens (including phenoxy) is 2. The molecule has 0 aliphatic rings. The van der Waals surface area contributed by atoms with E-state index in [0.29, 0.717) is 32.8 Å². The molecule has 4 nitrogen and oxygen atoms in total. The fourth-order valence-corrected chi connectivity index (χ4v) is 1.06. The van der Waals surface area contributed by atoms with Crippen LogP contribution in [-0.2, 0) is 9.47 Å². The minimum Gasteiger partial charge on any atom is -0.396 e. The topological polar surface area (TPSA) is 58.9 Å². The first-order valence-electron chi connectivity index (χ1n) is 6.36. The van der Waals surface area contributed by atoms with E-state index in [0.717, 1.165) is 0 Å². The van der Waals surface area contributed by atoms with E-state index in [2.05, 4.69) is 19.7 Å². The van der Waals surface area contributed by atoms with Gasteiger partial charge in [0.1, 0.15) is 0 Å². The number of hydrogen-bond acceptors (Lipinski definition) is 4. The SMILES string of the molecule is C=CCOCC(CC)(CO)CO.C=CCOCC=C. The molecule has 0 fully saturated rings. The lowest BCUT2D eigenvalue weighted by molar-refractivity contribution is -0.0227. The molecule has 0 aromatic carbocycles. The first-order chi connectivity index (χ1) is 9.16. The van der Waals surface area contributed by atoms with Crippen LogP contribution in [-0.4, -0.2) is 49.9 Å². The molecule has 0 spiro atoms. The molecule has 0 unspecified atom stereocenters. The van der Waals surface area contributed by atoms with Crippen LogP contribution >= 0.6 is 0 Å². The van der Waals surface area contributed by atoms with Crippen LogP contribution in [0, 0.1) is 5.41 Å². The summed E-state index contributed by atoms with van der Waals surface area (Å²) in [5.41, 5.74) is -0.483. The molecule has 0 aliphatic heterocycles. The second kappa shape index (κ2) is 15.1. The van der Waals surface area contributed by atoms with Gasteiger partial charge in [-0.15, -0.1) is 19.7 Å². The van der Waals surface area contributed by atoms with E-state index in [1.54, 1.807) is 18.2 Å². The van der Waals surface area contributed by atoms with Crippen molar-refractivity contribution in [2.75, 3.05) is 39.6 Å². The van der Waals surface area contributed by atoms with Gasteiger partial charge in [0.15, 0.2) is 0 Å². The van der Waals surface area contributed by atoms with Crippen molar-refractivity contribution in [3.05, 3.63) is 38.0 Å². The highest BCUT2D eigenvalue weighted by Crippen LogP contribution is 2.20. The molecule has 0 radical (unpaired) electrons. The Balaban J connectivity index is 0. The Hall–Kier alpha value is -0.940. The van der Waals surface area contributed by atoms with Gasteiger partial charge in [0.2, 0.25) is 0 Å². The minimum absolute atomic E-state index is 0.0445. The second-order valence-corrected chi connectivity index (χ2v) is 4.09. The molecule has 0 aromatic rings. The maximum Gasteiger partial charge on any atom is 0.0649 e. The summed E-state index contributed by atoms with van der Waals surface area (Å²) in [5.74, 6) is 0. The Morgan fingerprint density at radius 1 is 0.895 bits per heavy atom. The molecular formula is C15H28O4. The van der Waals surface area contributed by atoms with Crippen LogP contribution in [0.1, 0.15) is 13.3 Å². The largest absolute Gasteiger partial charge is 0.396 e. The van der Waals surface area contributed by atoms with Crippen LogP contribution in [0.25, 0.3) is 0 Å². The van der Waals surface area contributed by atoms with Crippen LogP contribution in [0.4, 0.5) is 0 Å². The molecule has 0 saturated carbocycles. The highest BCUT2D eigenvalue weighted by molar-refractivity contribution is 4.76. The fourth-order valence-electron chi connectivity index (χ4n) is 1.06. The molecule has 0 saturated heterocycles. The van der Waals surface area contributed by atoms with Gasteiger partial charge in [-0.05, 0) is 6.42 Å². The Morgan fingerprint density at radius 2 is 1.32 bits per heavy atom. The van der Waals surface area contributed by atoms with Crippen LogP contribution in [0.3, 0.4) is 0 Å². The minimum atomic E-state index is -0.483. The number of aliphatic hydroxyl groups is 2. The average molecular weight is 272 g/mol. The molecule has 0 heterocycles. The zero-order valence-electron chi connectivity index (χ0n) is 12.0. The van der Waals surface area contributed by atoms with Gasteiger partial charge in [0.05, 0.1) is 39.6 Å². The second-order valence-electron chi connectivity index (χ2n) is 4.09. The van der Waals surface area contributed by atoms with Gasteiger partial charge in [-0.2, -0.15) is 0 Å². The van der Waals surface area contributed by atoms with E-state index < -0.39 is 5.41 Å². The van der Waals surface area contributed by atoms with Crippen LogP contribution in [0.2, 0.25) is 0 Å². The van der Waals surface area contributed by atoms with Gasteiger partial charge < -0.3 is 19.7 Å². The molecule has 0 atom stereocenters. The van der Waals surface area contributed by atoms with Gasteiger partial charge in [-0.3, -0.25) is 0 Å². The number of rotatable bonds is 11. The van der Waals surface area contributed by atoms with Gasteiger partial charge in [0.25, 0.3) is 0 Å². The fraction of sp³-hybridized carbons (Fsp3) is 0.600. The first-order valence-corrected chi connectivity index (χ1v) is 6.36. The zero-order chi connectivity index (χ0) is 15.0. The molecule has 4 heteroatoms. The Labute approximate surface area is 117 Å². The molecule has 19 heavy (non-hydrogen) atoms.